The van der Waals surface area contributed by atoms with Crippen LogP contribution in [0.1, 0.15) is 18.4 Å². The van der Waals surface area contributed by atoms with Gasteiger partial charge < -0.3 is 10.1 Å². The smallest absolute Gasteiger partial charge is 0.325 e. The lowest BCUT2D eigenvalue weighted by molar-refractivity contribution is -0.138. The van der Waals surface area contributed by atoms with Gasteiger partial charge in [-0.3, -0.25) is 4.79 Å². The van der Waals surface area contributed by atoms with Crippen LogP contribution in [0.2, 0.25) is 0 Å². The standard InChI is InChI=1S/C10H15N3O2/c1-4-8-5-9(13-7(2)12-8)11-6-10(14)15-3/h5H,4,6H2,1-3H3,(H,11,12,13). The van der Waals surface area contributed by atoms with Crippen molar-refractivity contribution in [1.82, 2.24) is 9.97 Å². The number of ether oxygens (including phenoxy) is 1. The summed E-state index contributed by atoms with van der Waals surface area (Å²) < 4.78 is 4.51. The molecule has 82 valence electrons. The van der Waals surface area contributed by atoms with Crippen molar-refractivity contribution in [3.05, 3.63) is 17.6 Å². The Kier molecular flexibility index (Phi) is 4.03. The van der Waals surface area contributed by atoms with Crippen LogP contribution in [-0.4, -0.2) is 29.6 Å². The molecule has 0 amide bonds. The minimum atomic E-state index is -0.315. The lowest BCUT2D eigenvalue weighted by Gasteiger charge is -2.06. The van der Waals surface area contributed by atoms with Gasteiger partial charge in [0.2, 0.25) is 0 Å². The van der Waals surface area contributed by atoms with Gasteiger partial charge in [0.15, 0.2) is 0 Å². The van der Waals surface area contributed by atoms with E-state index in [0.29, 0.717) is 11.6 Å². The second-order valence-electron chi connectivity index (χ2n) is 3.07. The first-order valence-corrected chi connectivity index (χ1v) is 4.81. The predicted molar refractivity (Wildman–Crippen MR) is 56.7 cm³/mol. The fourth-order valence-corrected chi connectivity index (χ4v) is 1.14. The molecule has 0 unspecified atom stereocenters. The van der Waals surface area contributed by atoms with Gasteiger partial charge in [0.1, 0.15) is 18.2 Å². The minimum absolute atomic E-state index is 0.121. The van der Waals surface area contributed by atoms with Crippen LogP contribution in [0.25, 0.3) is 0 Å². The number of aryl methyl sites for hydroxylation is 2. The van der Waals surface area contributed by atoms with Gasteiger partial charge in [-0.2, -0.15) is 0 Å². The molecular formula is C10H15N3O2. The van der Waals surface area contributed by atoms with Gasteiger partial charge in [-0.15, -0.1) is 0 Å². The van der Waals surface area contributed by atoms with Crippen molar-refractivity contribution in [2.75, 3.05) is 19.0 Å². The lowest BCUT2D eigenvalue weighted by atomic mass is 10.3. The molecule has 1 aromatic rings. The number of carbonyl (C=O) groups is 1. The predicted octanol–water partition coefficient (Wildman–Crippen LogP) is 0.932. The highest BCUT2D eigenvalue weighted by molar-refractivity contribution is 5.74. The Morgan fingerprint density at radius 2 is 2.27 bits per heavy atom. The van der Waals surface area contributed by atoms with Crippen molar-refractivity contribution in [2.45, 2.75) is 20.3 Å². The molecule has 1 aromatic heterocycles. The van der Waals surface area contributed by atoms with Crippen LogP contribution in [0.15, 0.2) is 6.07 Å². The molecule has 0 aliphatic heterocycles. The summed E-state index contributed by atoms with van der Waals surface area (Å²) in [5.41, 5.74) is 0.954. The van der Waals surface area contributed by atoms with E-state index < -0.39 is 0 Å². The number of anilines is 1. The monoisotopic (exact) mass is 209 g/mol. The summed E-state index contributed by atoms with van der Waals surface area (Å²) in [6, 6.07) is 1.83. The number of rotatable bonds is 4. The molecule has 0 aromatic carbocycles. The Morgan fingerprint density at radius 3 is 2.87 bits per heavy atom. The first-order valence-electron chi connectivity index (χ1n) is 4.81. The molecule has 0 saturated heterocycles. The molecule has 0 spiro atoms. The van der Waals surface area contributed by atoms with Crippen molar-refractivity contribution in [2.24, 2.45) is 0 Å². The van der Waals surface area contributed by atoms with E-state index in [1.54, 1.807) is 0 Å². The van der Waals surface area contributed by atoms with Crippen LogP contribution in [0, 0.1) is 6.92 Å². The van der Waals surface area contributed by atoms with Crippen molar-refractivity contribution in [3.8, 4) is 0 Å². The van der Waals surface area contributed by atoms with E-state index in [-0.39, 0.29) is 12.5 Å². The fraction of sp³-hybridized carbons (Fsp3) is 0.500. The van der Waals surface area contributed by atoms with Crippen molar-refractivity contribution >= 4 is 11.8 Å². The van der Waals surface area contributed by atoms with Gasteiger partial charge in [-0.1, -0.05) is 6.92 Å². The zero-order valence-corrected chi connectivity index (χ0v) is 9.20. The largest absolute Gasteiger partial charge is 0.468 e. The maximum Gasteiger partial charge on any atom is 0.325 e. The zero-order chi connectivity index (χ0) is 11.3. The number of carbonyl (C=O) groups excluding carboxylic acids is 1. The minimum Gasteiger partial charge on any atom is -0.468 e. The first-order chi connectivity index (χ1) is 7.15. The molecule has 0 aliphatic carbocycles. The highest BCUT2D eigenvalue weighted by Gasteiger charge is 2.03. The summed E-state index contributed by atoms with van der Waals surface area (Å²) in [4.78, 5) is 19.3. The van der Waals surface area contributed by atoms with Crippen LogP contribution < -0.4 is 5.32 Å². The van der Waals surface area contributed by atoms with Crippen LogP contribution in [0.3, 0.4) is 0 Å². The number of hydrogen-bond donors (Lipinski definition) is 1. The number of methoxy groups -OCH3 is 1. The van der Waals surface area contributed by atoms with Crippen molar-refractivity contribution in [3.63, 3.8) is 0 Å². The second-order valence-corrected chi connectivity index (χ2v) is 3.07. The maximum atomic E-state index is 10.9. The van der Waals surface area contributed by atoms with E-state index in [2.05, 4.69) is 20.0 Å². The van der Waals surface area contributed by atoms with E-state index in [1.807, 2.05) is 19.9 Å². The molecular weight excluding hydrogens is 194 g/mol. The average Bonchev–Trinajstić information content (AvgIpc) is 2.25. The van der Waals surface area contributed by atoms with E-state index >= 15 is 0 Å². The van der Waals surface area contributed by atoms with E-state index in [0.717, 1.165) is 12.1 Å². The molecule has 1 heterocycles. The number of esters is 1. The second kappa shape index (κ2) is 5.29. The zero-order valence-electron chi connectivity index (χ0n) is 9.20. The van der Waals surface area contributed by atoms with Crippen LogP contribution in [0.4, 0.5) is 5.82 Å². The molecule has 0 aliphatic rings. The molecule has 0 atom stereocenters. The third-order valence-corrected chi connectivity index (χ3v) is 1.89. The Balaban J connectivity index is 2.68. The molecule has 5 heteroatoms. The summed E-state index contributed by atoms with van der Waals surface area (Å²) in [6.07, 6.45) is 0.844. The Morgan fingerprint density at radius 1 is 1.53 bits per heavy atom. The quantitative estimate of drug-likeness (QED) is 0.747. The van der Waals surface area contributed by atoms with E-state index in [1.165, 1.54) is 7.11 Å². The molecule has 0 fully saturated rings. The number of nitrogens with zero attached hydrogens (tertiary/aromatic N) is 2. The molecule has 1 rings (SSSR count). The Bertz CT molecular complexity index is 353. The molecule has 0 saturated carbocycles. The van der Waals surface area contributed by atoms with Crippen LogP contribution in [-0.2, 0) is 16.0 Å². The third-order valence-electron chi connectivity index (χ3n) is 1.89. The fourth-order valence-electron chi connectivity index (χ4n) is 1.14. The average molecular weight is 209 g/mol. The Labute approximate surface area is 88.9 Å². The molecule has 5 nitrogen and oxygen atoms in total. The van der Waals surface area contributed by atoms with Crippen molar-refractivity contribution in [1.29, 1.82) is 0 Å². The SMILES string of the molecule is CCc1cc(NCC(=O)OC)nc(C)n1. The normalized spacial score (nSPS) is 9.80. The number of hydrogen-bond acceptors (Lipinski definition) is 5. The van der Waals surface area contributed by atoms with Gasteiger partial charge in [0.05, 0.1) is 7.11 Å². The molecule has 1 N–H and O–H groups in total. The summed E-state index contributed by atoms with van der Waals surface area (Å²) in [5, 5.41) is 2.89. The van der Waals surface area contributed by atoms with E-state index in [9.17, 15) is 4.79 Å². The van der Waals surface area contributed by atoms with Gasteiger partial charge in [0, 0.05) is 11.8 Å². The summed E-state index contributed by atoms with van der Waals surface area (Å²) >= 11 is 0. The van der Waals surface area contributed by atoms with Crippen LogP contribution in [0.5, 0.6) is 0 Å². The molecule has 15 heavy (non-hydrogen) atoms. The van der Waals surface area contributed by atoms with Crippen LogP contribution >= 0.6 is 0 Å². The van der Waals surface area contributed by atoms with E-state index in [4.69, 9.17) is 0 Å². The summed E-state index contributed by atoms with van der Waals surface area (Å²) in [5.74, 6) is 1.04. The lowest BCUT2D eigenvalue weighted by Crippen LogP contribution is -2.16. The summed E-state index contributed by atoms with van der Waals surface area (Å²) in [7, 11) is 1.35. The number of aromatic nitrogens is 2. The maximum absolute atomic E-state index is 10.9. The highest BCUT2D eigenvalue weighted by Crippen LogP contribution is 2.06. The third kappa shape index (κ3) is 3.53. The summed E-state index contributed by atoms with van der Waals surface area (Å²) in [6.45, 7) is 3.96. The first kappa shape index (κ1) is 11.4. The van der Waals surface area contributed by atoms with Gasteiger partial charge in [-0.25, -0.2) is 9.97 Å². The van der Waals surface area contributed by atoms with Gasteiger partial charge >= 0.3 is 5.97 Å². The highest BCUT2D eigenvalue weighted by atomic mass is 16.5. The van der Waals surface area contributed by atoms with Gasteiger partial charge in [0.25, 0.3) is 0 Å². The van der Waals surface area contributed by atoms with Crippen molar-refractivity contribution < 1.29 is 9.53 Å². The Hall–Kier alpha value is -1.65. The van der Waals surface area contributed by atoms with Gasteiger partial charge in [-0.05, 0) is 13.3 Å². The molecule has 0 bridgehead atoms. The number of nitrogens with one attached hydrogen (secondary N) is 1. The topological polar surface area (TPSA) is 64.1 Å². The molecule has 0 radical (unpaired) electrons.